The number of hydrogen-bond donors (Lipinski definition) is 0. The third-order valence-electron chi connectivity index (χ3n) is 5.16. The van der Waals surface area contributed by atoms with Crippen molar-refractivity contribution in [1.29, 1.82) is 0 Å². The van der Waals surface area contributed by atoms with Gasteiger partial charge in [0.15, 0.2) is 11.5 Å². The molecule has 1 saturated heterocycles. The lowest BCUT2D eigenvalue weighted by atomic mass is 10.1. The van der Waals surface area contributed by atoms with Crippen molar-refractivity contribution in [2.24, 2.45) is 0 Å². The molecule has 3 heterocycles. The van der Waals surface area contributed by atoms with E-state index >= 15 is 0 Å². The molecule has 1 unspecified atom stereocenters. The zero-order valence-corrected chi connectivity index (χ0v) is 15.6. The molecule has 3 aromatic rings. The fraction of sp³-hybridized carbons (Fsp3) is 0.273. The highest BCUT2D eigenvalue weighted by atomic mass is 16.7. The first-order valence-corrected chi connectivity index (χ1v) is 9.61. The minimum atomic E-state index is -0.360. The second-order valence-electron chi connectivity index (χ2n) is 7.07. The lowest BCUT2D eigenvalue weighted by Gasteiger charge is -2.34. The highest BCUT2D eigenvalue weighted by Crippen LogP contribution is 2.41. The minimum absolute atomic E-state index is 0.360. The Hall–Kier alpha value is -3.12. The summed E-state index contributed by atoms with van der Waals surface area (Å²) in [6, 6.07) is 18.1. The summed E-state index contributed by atoms with van der Waals surface area (Å²) < 4.78 is 12.0. The zero-order chi connectivity index (χ0) is 18.8. The first-order chi connectivity index (χ1) is 13.8. The fourth-order valence-corrected chi connectivity index (χ4v) is 3.66. The Labute approximate surface area is 164 Å². The average molecular weight is 374 g/mol. The van der Waals surface area contributed by atoms with Crippen LogP contribution in [0.3, 0.4) is 0 Å². The van der Waals surface area contributed by atoms with Crippen LogP contribution in [0.5, 0.6) is 11.5 Å². The maximum atomic E-state index is 6.03. The van der Waals surface area contributed by atoms with Gasteiger partial charge >= 0.3 is 0 Å². The predicted octanol–water partition coefficient (Wildman–Crippen LogP) is 3.27. The molecule has 2 aliphatic heterocycles. The van der Waals surface area contributed by atoms with Crippen LogP contribution in [0.1, 0.15) is 17.4 Å². The molecule has 28 heavy (non-hydrogen) atoms. The van der Waals surface area contributed by atoms with Gasteiger partial charge in [-0.15, -0.1) is 0 Å². The fourth-order valence-electron chi connectivity index (χ4n) is 3.66. The van der Waals surface area contributed by atoms with Crippen molar-refractivity contribution < 1.29 is 9.47 Å². The molecule has 2 aromatic carbocycles. The molecule has 0 amide bonds. The van der Waals surface area contributed by atoms with Crippen molar-refractivity contribution in [1.82, 2.24) is 14.9 Å². The van der Waals surface area contributed by atoms with E-state index < -0.39 is 0 Å². The minimum Gasteiger partial charge on any atom is -0.447 e. The molecule has 0 aliphatic carbocycles. The van der Waals surface area contributed by atoms with Crippen LogP contribution >= 0.6 is 0 Å². The van der Waals surface area contributed by atoms with Gasteiger partial charge in [0.25, 0.3) is 6.29 Å². The van der Waals surface area contributed by atoms with E-state index in [-0.39, 0.29) is 6.29 Å². The topological polar surface area (TPSA) is 50.7 Å². The summed E-state index contributed by atoms with van der Waals surface area (Å²) in [4.78, 5) is 13.4. The van der Waals surface area contributed by atoms with Crippen molar-refractivity contribution >= 4 is 5.95 Å². The molecule has 6 nitrogen and oxygen atoms in total. The average Bonchev–Trinajstić information content (AvgIpc) is 3.19. The number of rotatable bonds is 4. The summed E-state index contributed by atoms with van der Waals surface area (Å²) in [6.45, 7) is 4.74. The molecule has 0 bridgehead atoms. The number of fused-ring (bicyclic) bond motifs is 1. The highest BCUT2D eigenvalue weighted by molar-refractivity contribution is 5.46. The number of aromatic nitrogens is 2. The maximum absolute atomic E-state index is 6.03. The normalized spacial score (nSPS) is 19.0. The van der Waals surface area contributed by atoms with Crippen LogP contribution in [0.4, 0.5) is 5.95 Å². The van der Waals surface area contributed by atoms with Gasteiger partial charge in [-0.25, -0.2) is 9.97 Å². The van der Waals surface area contributed by atoms with Crippen molar-refractivity contribution in [3.05, 3.63) is 78.1 Å². The van der Waals surface area contributed by atoms with Crippen molar-refractivity contribution in [2.75, 3.05) is 31.1 Å². The second-order valence-corrected chi connectivity index (χ2v) is 7.07. The zero-order valence-electron chi connectivity index (χ0n) is 15.6. The third-order valence-corrected chi connectivity index (χ3v) is 5.16. The standard InChI is InChI=1S/C22H22N4O2/c1-2-5-18(6-3-1)21-27-19-8-7-17(15-20(19)28-21)16-25-11-13-26(14-12-25)22-23-9-4-10-24-22/h1-10,15,21H,11-14,16H2. The molecular weight excluding hydrogens is 352 g/mol. The van der Waals surface area contributed by atoms with Gasteiger partial charge in [-0.3, -0.25) is 4.90 Å². The number of nitrogens with zero attached hydrogens (tertiary/aromatic N) is 4. The van der Waals surface area contributed by atoms with Crippen molar-refractivity contribution in [3.8, 4) is 11.5 Å². The van der Waals surface area contributed by atoms with E-state index in [0.717, 1.165) is 55.7 Å². The Kier molecular flexibility index (Phi) is 4.54. The van der Waals surface area contributed by atoms with E-state index in [2.05, 4.69) is 31.9 Å². The van der Waals surface area contributed by atoms with Crippen molar-refractivity contribution in [3.63, 3.8) is 0 Å². The smallest absolute Gasteiger partial charge is 0.267 e. The summed E-state index contributed by atoms with van der Waals surface area (Å²) >= 11 is 0. The lowest BCUT2D eigenvalue weighted by Crippen LogP contribution is -2.46. The number of hydrogen-bond acceptors (Lipinski definition) is 6. The monoisotopic (exact) mass is 374 g/mol. The van der Waals surface area contributed by atoms with Crippen LogP contribution in [-0.4, -0.2) is 41.0 Å². The Morgan fingerprint density at radius 3 is 2.36 bits per heavy atom. The molecule has 2 aliphatic rings. The van der Waals surface area contributed by atoms with Crippen LogP contribution in [0, 0.1) is 0 Å². The first kappa shape index (κ1) is 17.0. The summed E-state index contributed by atoms with van der Waals surface area (Å²) in [5, 5.41) is 0. The Bertz CT molecular complexity index is 928. The predicted molar refractivity (Wildman–Crippen MR) is 106 cm³/mol. The Morgan fingerprint density at radius 2 is 1.57 bits per heavy atom. The molecule has 0 saturated carbocycles. The van der Waals surface area contributed by atoms with Gasteiger partial charge in [0.1, 0.15) is 0 Å². The largest absolute Gasteiger partial charge is 0.447 e. The SMILES string of the molecule is c1ccc(C2Oc3ccc(CN4CCN(c5ncccn5)CC4)cc3O2)cc1. The van der Waals surface area contributed by atoms with Crippen LogP contribution < -0.4 is 14.4 Å². The molecule has 5 rings (SSSR count). The van der Waals surface area contributed by atoms with Gasteiger partial charge < -0.3 is 14.4 Å². The van der Waals surface area contributed by atoms with Gasteiger partial charge in [0, 0.05) is 50.7 Å². The molecule has 1 fully saturated rings. The first-order valence-electron chi connectivity index (χ1n) is 9.61. The summed E-state index contributed by atoms with van der Waals surface area (Å²) in [7, 11) is 0. The Balaban J connectivity index is 1.20. The van der Waals surface area contributed by atoms with E-state index in [1.165, 1.54) is 5.56 Å². The number of piperazine rings is 1. The van der Waals surface area contributed by atoms with E-state index in [1.807, 2.05) is 42.5 Å². The van der Waals surface area contributed by atoms with Gasteiger partial charge in [0.05, 0.1) is 0 Å². The number of ether oxygens (including phenoxy) is 2. The molecule has 0 spiro atoms. The molecule has 0 N–H and O–H groups in total. The van der Waals surface area contributed by atoms with E-state index in [4.69, 9.17) is 9.47 Å². The van der Waals surface area contributed by atoms with Gasteiger partial charge in [-0.1, -0.05) is 36.4 Å². The molecular formula is C22H22N4O2. The van der Waals surface area contributed by atoms with E-state index in [0.29, 0.717) is 0 Å². The van der Waals surface area contributed by atoms with Crippen molar-refractivity contribution in [2.45, 2.75) is 12.8 Å². The summed E-state index contributed by atoms with van der Waals surface area (Å²) in [5.74, 6) is 2.45. The highest BCUT2D eigenvalue weighted by Gasteiger charge is 2.26. The molecule has 0 radical (unpaired) electrons. The summed E-state index contributed by atoms with van der Waals surface area (Å²) in [6.07, 6.45) is 3.23. The van der Waals surface area contributed by atoms with Crippen LogP contribution in [0.2, 0.25) is 0 Å². The number of anilines is 1. The van der Waals surface area contributed by atoms with Gasteiger partial charge in [-0.2, -0.15) is 0 Å². The van der Waals surface area contributed by atoms with Crippen LogP contribution in [0.25, 0.3) is 0 Å². The number of benzene rings is 2. The molecule has 1 atom stereocenters. The Morgan fingerprint density at radius 1 is 0.821 bits per heavy atom. The van der Waals surface area contributed by atoms with Crippen LogP contribution in [0.15, 0.2) is 67.0 Å². The van der Waals surface area contributed by atoms with E-state index in [9.17, 15) is 0 Å². The van der Waals surface area contributed by atoms with Gasteiger partial charge in [-0.05, 0) is 23.8 Å². The molecule has 142 valence electrons. The van der Waals surface area contributed by atoms with Crippen LogP contribution in [-0.2, 0) is 6.54 Å². The lowest BCUT2D eigenvalue weighted by molar-refractivity contribution is 0.0487. The quantitative estimate of drug-likeness (QED) is 0.699. The van der Waals surface area contributed by atoms with Gasteiger partial charge in [0.2, 0.25) is 5.95 Å². The third kappa shape index (κ3) is 3.51. The molecule has 6 heteroatoms. The summed E-state index contributed by atoms with van der Waals surface area (Å²) in [5.41, 5.74) is 2.26. The van der Waals surface area contributed by atoms with E-state index in [1.54, 1.807) is 12.4 Å². The maximum Gasteiger partial charge on any atom is 0.267 e. The molecule has 1 aromatic heterocycles. The second kappa shape index (κ2) is 7.48.